The first-order valence-electron chi connectivity index (χ1n) is 5.55. The van der Waals surface area contributed by atoms with Crippen LogP contribution < -0.4 is 16.4 Å². The first-order valence-corrected chi connectivity index (χ1v) is 5.55. The molecule has 4 heteroatoms. The minimum Gasteiger partial charge on any atom is -0.353 e. The molecular formula is C10H19N3O. The summed E-state index contributed by atoms with van der Waals surface area (Å²) in [6.45, 7) is 1.11. The van der Waals surface area contributed by atoms with Gasteiger partial charge in [0.1, 0.15) is 0 Å². The lowest BCUT2D eigenvalue weighted by Crippen LogP contribution is -2.44. The smallest absolute Gasteiger partial charge is 0.237 e. The van der Waals surface area contributed by atoms with E-state index in [1.165, 1.54) is 19.3 Å². The molecule has 2 fully saturated rings. The van der Waals surface area contributed by atoms with Crippen molar-refractivity contribution in [3.05, 3.63) is 0 Å². The van der Waals surface area contributed by atoms with Crippen molar-refractivity contribution >= 4 is 5.91 Å². The minimum absolute atomic E-state index is 0.0387. The molecule has 1 aliphatic carbocycles. The number of amides is 1. The summed E-state index contributed by atoms with van der Waals surface area (Å²) >= 11 is 0. The van der Waals surface area contributed by atoms with Gasteiger partial charge >= 0.3 is 0 Å². The molecule has 1 heterocycles. The number of nitrogens with two attached hydrogens (primary N) is 1. The summed E-state index contributed by atoms with van der Waals surface area (Å²) in [5.41, 5.74) is 5.33. The molecule has 14 heavy (non-hydrogen) atoms. The van der Waals surface area contributed by atoms with Crippen LogP contribution in [-0.2, 0) is 4.79 Å². The summed E-state index contributed by atoms with van der Waals surface area (Å²) in [5, 5.41) is 6.25. The molecule has 0 bridgehead atoms. The summed E-state index contributed by atoms with van der Waals surface area (Å²) in [6, 6.07) is 0.639. The van der Waals surface area contributed by atoms with Crippen LogP contribution in [-0.4, -0.2) is 31.1 Å². The van der Waals surface area contributed by atoms with E-state index in [4.69, 9.17) is 5.73 Å². The summed E-state index contributed by atoms with van der Waals surface area (Å²) in [4.78, 5) is 11.6. The standard InChI is InChI=1S/C10H19N3O/c11-4-5-12-10(14)9-6-7-2-1-3-8(7)13-9/h7-9,13H,1-6,11H2,(H,12,14). The maximum absolute atomic E-state index is 11.6. The molecule has 1 amide bonds. The highest BCUT2D eigenvalue weighted by molar-refractivity contribution is 5.82. The third-order valence-corrected chi connectivity index (χ3v) is 3.37. The van der Waals surface area contributed by atoms with Gasteiger partial charge in [-0.25, -0.2) is 0 Å². The molecule has 1 saturated heterocycles. The Morgan fingerprint density at radius 1 is 1.50 bits per heavy atom. The first-order chi connectivity index (χ1) is 6.81. The van der Waals surface area contributed by atoms with Crippen molar-refractivity contribution in [1.82, 2.24) is 10.6 Å². The molecule has 80 valence electrons. The Morgan fingerprint density at radius 3 is 3.07 bits per heavy atom. The summed E-state index contributed by atoms with van der Waals surface area (Å²) in [6.07, 6.45) is 4.87. The van der Waals surface area contributed by atoms with Gasteiger partial charge in [-0.15, -0.1) is 0 Å². The zero-order valence-electron chi connectivity index (χ0n) is 8.46. The molecule has 0 aromatic heterocycles. The third-order valence-electron chi connectivity index (χ3n) is 3.37. The fraction of sp³-hybridized carbons (Fsp3) is 0.900. The molecule has 2 aliphatic rings. The van der Waals surface area contributed by atoms with E-state index in [0.717, 1.165) is 12.3 Å². The van der Waals surface area contributed by atoms with Crippen LogP contribution in [0.5, 0.6) is 0 Å². The monoisotopic (exact) mass is 197 g/mol. The van der Waals surface area contributed by atoms with E-state index in [9.17, 15) is 4.79 Å². The van der Waals surface area contributed by atoms with Gasteiger partial charge in [0.15, 0.2) is 0 Å². The van der Waals surface area contributed by atoms with E-state index >= 15 is 0 Å². The number of carbonyl (C=O) groups is 1. The molecule has 3 atom stereocenters. The quantitative estimate of drug-likeness (QED) is 0.576. The lowest BCUT2D eigenvalue weighted by Gasteiger charge is -2.12. The van der Waals surface area contributed by atoms with Gasteiger partial charge in [-0.05, 0) is 25.2 Å². The van der Waals surface area contributed by atoms with E-state index in [1.807, 2.05) is 0 Å². The molecule has 0 aromatic rings. The molecule has 2 rings (SSSR count). The average Bonchev–Trinajstić information content (AvgIpc) is 2.72. The Balaban J connectivity index is 1.80. The maximum Gasteiger partial charge on any atom is 0.237 e. The molecule has 4 N–H and O–H groups in total. The Labute approximate surface area is 84.6 Å². The molecule has 0 aromatic carbocycles. The Hall–Kier alpha value is -0.610. The second-order valence-electron chi connectivity index (χ2n) is 4.33. The van der Waals surface area contributed by atoms with Crippen molar-refractivity contribution in [1.29, 1.82) is 0 Å². The third kappa shape index (κ3) is 1.91. The zero-order chi connectivity index (χ0) is 9.97. The topological polar surface area (TPSA) is 67.1 Å². The molecule has 1 aliphatic heterocycles. The fourth-order valence-electron chi connectivity index (χ4n) is 2.67. The van der Waals surface area contributed by atoms with Crippen LogP contribution in [0.15, 0.2) is 0 Å². The van der Waals surface area contributed by atoms with Gasteiger partial charge in [-0.3, -0.25) is 4.79 Å². The molecule has 0 spiro atoms. The van der Waals surface area contributed by atoms with Gasteiger partial charge in [0, 0.05) is 19.1 Å². The molecular weight excluding hydrogens is 178 g/mol. The summed E-state index contributed by atoms with van der Waals surface area (Å²) in [5.74, 6) is 0.869. The average molecular weight is 197 g/mol. The van der Waals surface area contributed by atoms with Crippen molar-refractivity contribution in [3.63, 3.8) is 0 Å². The Kier molecular flexibility index (Phi) is 3.03. The number of hydrogen-bond donors (Lipinski definition) is 3. The van der Waals surface area contributed by atoms with Gasteiger partial charge in [0.2, 0.25) is 5.91 Å². The van der Waals surface area contributed by atoms with Crippen LogP contribution in [0.2, 0.25) is 0 Å². The van der Waals surface area contributed by atoms with E-state index in [1.54, 1.807) is 0 Å². The second-order valence-corrected chi connectivity index (χ2v) is 4.33. The number of fused-ring (bicyclic) bond motifs is 1. The van der Waals surface area contributed by atoms with Gasteiger partial charge in [0.25, 0.3) is 0 Å². The van der Waals surface area contributed by atoms with Crippen LogP contribution in [0.1, 0.15) is 25.7 Å². The normalized spacial score (nSPS) is 35.6. The SMILES string of the molecule is NCCNC(=O)C1CC2CCCC2N1. The highest BCUT2D eigenvalue weighted by Gasteiger charge is 2.39. The van der Waals surface area contributed by atoms with Gasteiger partial charge < -0.3 is 16.4 Å². The van der Waals surface area contributed by atoms with E-state index < -0.39 is 0 Å². The summed E-state index contributed by atoms with van der Waals surface area (Å²) in [7, 11) is 0. The minimum atomic E-state index is 0.0387. The lowest BCUT2D eigenvalue weighted by molar-refractivity contribution is -0.122. The van der Waals surface area contributed by atoms with Gasteiger partial charge in [-0.2, -0.15) is 0 Å². The largest absolute Gasteiger partial charge is 0.353 e. The van der Waals surface area contributed by atoms with E-state index in [-0.39, 0.29) is 11.9 Å². The molecule has 0 radical (unpaired) electrons. The van der Waals surface area contributed by atoms with Crippen LogP contribution in [0.3, 0.4) is 0 Å². The highest BCUT2D eigenvalue weighted by Crippen LogP contribution is 2.34. The number of nitrogens with one attached hydrogen (secondary N) is 2. The van der Waals surface area contributed by atoms with E-state index in [2.05, 4.69) is 10.6 Å². The van der Waals surface area contributed by atoms with Crippen LogP contribution in [0, 0.1) is 5.92 Å². The van der Waals surface area contributed by atoms with E-state index in [0.29, 0.717) is 19.1 Å². The number of carbonyl (C=O) groups excluding carboxylic acids is 1. The molecule has 3 unspecified atom stereocenters. The van der Waals surface area contributed by atoms with Crippen LogP contribution in [0.4, 0.5) is 0 Å². The highest BCUT2D eigenvalue weighted by atomic mass is 16.2. The predicted octanol–water partition coefficient (Wildman–Crippen LogP) is -0.408. The van der Waals surface area contributed by atoms with Crippen molar-refractivity contribution in [3.8, 4) is 0 Å². The molecule has 1 saturated carbocycles. The van der Waals surface area contributed by atoms with Crippen molar-refractivity contribution in [2.75, 3.05) is 13.1 Å². The zero-order valence-corrected chi connectivity index (χ0v) is 8.46. The fourth-order valence-corrected chi connectivity index (χ4v) is 2.67. The second kappa shape index (κ2) is 4.28. The van der Waals surface area contributed by atoms with Crippen molar-refractivity contribution in [2.24, 2.45) is 11.7 Å². The summed E-state index contributed by atoms with van der Waals surface area (Å²) < 4.78 is 0. The molecule has 4 nitrogen and oxygen atoms in total. The van der Waals surface area contributed by atoms with Crippen molar-refractivity contribution in [2.45, 2.75) is 37.8 Å². The van der Waals surface area contributed by atoms with Crippen LogP contribution in [0.25, 0.3) is 0 Å². The number of hydrogen-bond acceptors (Lipinski definition) is 3. The Morgan fingerprint density at radius 2 is 2.36 bits per heavy atom. The first kappa shape index (κ1) is 9.93. The van der Waals surface area contributed by atoms with Crippen LogP contribution >= 0.6 is 0 Å². The Bertz CT molecular complexity index is 207. The predicted molar refractivity (Wildman–Crippen MR) is 54.7 cm³/mol. The lowest BCUT2D eigenvalue weighted by atomic mass is 10.0. The van der Waals surface area contributed by atoms with Gasteiger partial charge in [-0.1, -0.05) is 6.42 Å². The van der Waals surface area contributed by atoms with Crippen molar-refractivity contribution < 1.29 is 4.79 Å². The maximum atomic E-state index is 11.6. The van der Waals surface area contributed by atoms with Gasteiger partial charge in [0.05, 0.1) is 6.04 Å². The number of rotatable bonds is 3.